The zero-order valence-electron chi connectivity index (χ0n) is 11.2. The van der Waals surface area contributed by atoms with E-state index in [0.717, 1.165) is 12.3 Å². The summed E-state index contributed by atoms with van der Waals surface area (Å²) in [5, 5.41) is 0. The van der Waals surface area contributed by atoms with Gasteiger partial charge in [0.15, 0.2) is 0 Å². The van der Waals surface area contributed by atoms with Gasteiger partial charge in [0.25, 0.3) is 0 Å². The van der Waals surface area contributed by atoms with Crippen LogP contribution >= 0.6 is 0 Å². The molecule has 0 bridgehead atoms. The maximum absolute atomic E-state index is 6.02. The van der Waals surface area contributed by atoms with Gasteiger partial charge < -0.3 is 14.9 Å². The molecular formula is C13H24N2O2. The monoisotopic (exact) mass is 240 g/mol. The normalized spacial score (nSPS) is 15.5. The molecule has 0 fully saturated rings. The summed E-state index contributed by atoms with van der Waals surface area (Å²) in [6, 6.07) is 3.97. The Bertz CT molecular complexity index is 296. The van der Waals surface area contributed by atoms with Crippen molar-refractivity contribution in [1.82, 2.24) is 4.90 Å². The minimum Gasteiger partial charge on any atom is -0.468 e. The van der Waals surface area contributed by atoms with Crippen LogP contribution in [0, 0.1) is 0 Å². The zero-order valence-corrected chi connectivity index (χ0v) is 11.2. The summed E-state index contributed by atoms with van der Waals surface area (Å²) in [5.74, 6) is 0.909. The lowest BCUT2D eigenvalue weighted by Gasteiger charge is -2.29. The Hall–Kier alpha value is -0.840. The molecule has 17 heavy (non-hydrogen) atoms. The molecule has 0 aliphatic heterocycles. The summed E-state index contributed by atoms with van der Waals surface area (Å²) in [6.07, 6.45) is 1.95. The van der Waals surface area contributed by atoms with Gasteiger partial charge in [-0.25, -0.2) is 0 Å². The highest BCUT2D eigenvalue weighted by Crippen LogP contribution is 2.22. The van der Waals surface area contributed by atoms with Gasteiger partial charge >= 0.3 is 0 Å². The first kappa shape index (κ1) is 14.2. The summed E-state index contributed by atoms with van der Waals surface area (Å²) in [6.45, 7) is 7.61. The molecule has 0 spiro atoms. The molecule has 0 radical (unpaired) electrons. The average Bonchev–Trinajstić information content (AvgIpc) is 2.69. The van der Waals surface area contributed by atoms with Gasteiger partial charge in [-0.3, -0.25) is 4.90 Å². The molecule has 0 saturated heterocycles. The zero-order chi connectivity index (χ0) is 12.8. The van der Waals surface area contributed by atoms with Crippen molar-refractivity contribution in [3.05, 3.63) is 24.2 Å². The van der Waals surface area contributed by atoms with Crippen LogP contribution in [0.3, 0.4) is 0 Å². The third-order valence-electron chi connectivity index (χ3n) is 2.70. The molecule has 2 N–H and O–H groups in total. The van der Waals surface area contributed by atoms with Crippen molar-refractivity contribution in [2.24, 2.45) is 5.73 Å². The molecule has 0 saturated carbocycles. The summed E-state index contributed by atoms with van der Waals surface area (Å²) in [5.41, 5.74) is 6.02. The molecule has 2 atom stereocenters. The van der Waals surface area contributed by atoms with Gasteiger partial charge in [0, 0.05) is 12.6 Å². The van der Waals surface area contributed by atoms with E-state index in [9.17, 15) is 0 Å². The summed E-state index contributed by atoms with van der Waals surface area (Å²) >= 11 is 0. The van der Waals surface area contributed by atoms with Gasteiger partial charge in [0.2, 0.25) is 0 Å². The Balaban J connectivity index is 2.53. The van der Waals surface area contributed by atoms with Crippen LogP contribution in [0.5, 0.6) is 0 Å². The van der Waals surface area contributed by atoms with E-state index >= 15 is 0 Å². The lowest BCUT2D eigenvalue weighted by atomic mass is 10.1. The second-order valence-corrected chi connectivity index (χ2v) is 4.72. The van der Waals surface area contributed by atoms with E-state index in [1.807, 2.05) is 40.0 Å². The quantitative estimate of drug-likeness (QED) is 0.792. The van der Waals surface area contributed by atoms with E-state index in [2.05, 4.69) is 4.90 Å². The third kappa shape index (κ3) is 4.50. The average molecular weight is 240 g/mol. The van der Waals surface area contributed by atoms with Gasteiger partial charge in [-0.2, -0.15) is 0 Å². The Morgan fingerprint density at radius 2 is 2.12 bits per heavy atom. The van der Waals surface area contributed by atoms with Crippen molar-refractivity contribution in [2.75, 3.05) is 20.2 Å². The van der Waals surface area contributed by atoms with Crippen LogP contribution in [0.15, 0.2) is 22.8 Å². The van der Waals surface area contributed by atoms with Crippen LogP contribution in [0.4, 0.5) is 0 Å². The smallest absolute Gasteiger partial charge is 0.122 e. The molecule has 1 rings (SSSR count). The molecule has 0 aliphatic rings. The minimum atomic E-state index is 0.0187. The fourth-order valence-corrected chi connectivity index (χ4v) is 1.91. The molecule has 0 aromatic carbocycles. The standard InChI is InChI=1S/C13H24N2O2/c1-10(2)16-9-7-15(4)13(11(3)14)12-6-5-8-17-12/h5-6,8,10-11,13H,7,9,14H2,1-4H3. The fraction of sp³-hybridized carbons (Fsp3) is 0.692. The predicted octanol–water partition coefficient (Wildman–Crippen LogP) is 2.02. The van der Waals surface area contributed by atoms with Crippen molar-refractivity contribution < 1.29 is 9.15 Å². The second kappa shape index (κ2) is 6.79. The lowest BCUT2D eigenvalue weighted by Crippen LogP contribution is -2.38. The molecular weight excluding hydrogens is 216 g/mol. The molecule has 4 nitrogen and oxygen atoms in total. The van der Waals surface area contributed by atoms with Crippen LogP contribution in [0.25, 0.3) is 0 Å². The van der Waals surface area contributed by atoms with Crippen molar-refractivity contribution in [3.63, 3.8) is 0 Å². The highest BCUT2D eigenvalue weighted by atomic mass is 16.5. The first-order chi connectivity index (χ1) is 8.02. The predicted molar refractivity (Wildman–Crippen MR) is 68.8 cm³/mol. The Morgan fingerprint density at radius 3 is 2.59 bits per heavy atom. The fourth-order valence-electron chi connectivity index (χ4n) is 1.91. The lowest BCUT2D eigenvalue weighted by molar-refractivity contribution is 0.0509. The van der Waals surface area contributed by atoms with E-state index in [0.29, 0.717) is 6.61 Å². The first-order valence-corrected chi connectivity index (χ1v) is 6.13. The van der Waals surface area contributed by atoms with E-state index in [1.165, 1.54) is 0 Å². The molecule has 98 valence electrons. The van der Waals surface area contributed by atoms with Crippen molar-refractivity contribution in [2.45, 2.75) is 39.0 Å². The Labute approximate surface area is 104 Å². The van der Waals surface area contributed by atoms with Crippen molar-refractivity contribution in [3.8, 4) is 0 Å². The van der Waals surface area contributed by atoms with Crippen LogP contribution in [-0.2, 0) is 4.74 Å². The maximum Gasteiger partial charge on any atom is 0.122 e. The van der Waals surface area contributed by atoms with Crippen LogP contribution in [-0.4, -0.2) is 37.2 Å². The number of rotatable bonds is 7. The number of nitrogens with zero attached hydrogens (tertiary/aromatic N) is 1. The third-order valence-corrected chi connectivity index (χ3v) is 2.70. The van der Waals surface area contributed by atoms with Gasteiger partial charge in [-0.05, 0) is 40.0 Å². The van der Waals surface area contributed by atoms with Crippen LogP contribution in [0.1, 0.15) is 32.6 Å². The maximum atomic E-state index is 6.02. The molecule has 1 heterocycles. The number of nitrogens with two attached hydrogens (primary N) is 1. The SMILES string of the molecule is CC(C)OCCN(C)C(c1ccco1)C(C)N. The summed E-state index contributed by atoms with van der Waals surface area (Å²) in [4.78, 5) is 2.17. The molecule has 0 aliphatic carbocycles. The van der Waals surface area contributed by atoms with Gasteiger partial charge in [-0.15, -0.1) is 0 Å². The number of hydrogen-bond donors (Lipinski definition) is 1. The summed E-state index contributed by atoms with van der Waals surface area (Å²) in [7, 11) is 2.04. The molecule has 4 heteroatoms. The van der Waals surface area contributed by atoms with E-state index in [4.69, 9.17) is 14.9 Å². The molecule has 0 amide bonds. The Morgan fingerprint density at radius 1 is 1.41 bits per heavy atom. The first-order valence-electron chi connectivity index (χ1n) is 6.13. The van der Waals surface area contributed by atoms with Crippen LogP contribution in [0.2, 0.25) is 0 Å². The van der Waals surface area contributed by atoms with Gasteiger partial charge in [0.05, 0.1) is 25.0 Å². The second-order valence-electron chi connectivity index (χ2n) is 4.72. The van der Waals surface area contributed by atoms with Crippen molar-refractivity contribution in [1.29, 1.82) is 0 Å². The summed E-state index contributed by atoms with van der Waals surface area (Å²) < 4.78 is 11.0. The number of hydrogen-bond acceptors (Lipinski definition) is 4. The molecule has 1 aromatic heterocycles. The number of likely N-dealkylation sites (N-methyl/N-ethyl adjacent to an activating group) is 1. The minimum absolute atomic E-state index is 0.0187. The van der Waals surface area contributed by atoms with Crippen LogP contribution < -0.4 is 5.73 Å². The topological polar surface area (TPSA) is 51.6 Å². The number of ether oxygens (including phenoxy) is 1. The molecule has 2 unspecified atom stereocenters. The van der Waals surface area contributed by atoms with E-state index in [-0.39, 0.29) is 18.2 Å². The van der Waals surface area contributed by atoms with Gasteiger partial charge in [0.1, 0.15) is 5.76 Å². The molecule has 1 aromatic rings. The largest absolute Gasteiger partial charge is 0.468 e. The van der Waals surface area contributed by atoms with Crippen molar-refractivity contribution >= 4 is 0 Å². The Kier molecular flexibility index (Phi) is 5.68. The van der Waals surface area contributed by atoms with Gasteiger partial charge in [-0.1, -0.05) is 0 Å². The highest BCUT2D eigenvalue weighted by Gasteiger charge is 2.23. The van der Waals surface area contributed by atoms with E-state index in [1.54, 1.807) is 6.26 Å². The highest BCUT2D eigenvalue weighted by molar-refractivity contribution is 5.07. The van der Waals surface area contributed by atoms with E-state index < -0.39 is 0 Å². The number of furan rings is 1.